The van der Waals surface area contributed by atoms with Gasteiger partial charge in [-0.2, -0.15) is 0 Å². The Kier molecular flexibility index (Phi) is 3.42. The number of nitrogens with zero attached hydrogens (tertiary/aromatic N) is 1. The Labute approximate surface area is 128 Å². The van der Waals surface area contributed by atoms with Gasteiger partial charge in [0.05, 0.1) is 18.2 Å². The van der Waals surface area contributed by atoms with Gasteiger partial charge in [-0.05, 0) is 34.0 Å². The second-order valence-corrected chi connectivity index (χ2v) is 5.16. The van der Waals surface area contributed by atoms with E-state index in [-0.39, 0.29) is 13.3 Å². The standard InChI is InChI=1S/C16H13N3O2.CH4/c20-15(14-7-17-8-19-14)10-2-3-11-9(5-10)1-4-12-13(11)6-18-16(12)21;/h1-5,7-8,15,20H,6H2,(H,17,19)(H,18,21);1H4. The molecule has 5 nitrogen and oxygen atoms in total. The van der Waals surface area contributed by atoms with E-state index in [0.29, 0.717) is 12.2 Å². The molecule has 1 aliphatic heterocycles. The molecule has 1 aliphatic rings. The molecule has 0 spiro atoms. The van der Waals surface area contributed by atoms with Crippen molar-refractivity contribution in [2.24, 2.45) is 0 Å². The first-order valence-electron chi connectivity index (χ1n) is 6.74. The fraction of sp³-hybridized carbons (Fsp3) is 0.176. The highest BCUT2D eigenvalue weighted by Crippen LogP contribution is 2.29. The predicted octanol–water partition coefficient (Wildman–Crippen LogP) is 2.52. The van der Waals surface area contributed by atoms with Gasteiger partial charge in [-0.3, -0.25) is 4.79 Å². The number of benzene rings is 2. The Balaban J connectivity index is 0.00000144. The topological polar surface area (TPSA) is 78.0 Å². The van der Waals surface area contributed by atoms with Gasteiger partial charge in [-0.1, -0.05) is 25.6 Å². The summed E-state index contributed by atoms with van der Waals surface area (Å²) in [7, 11) is 0. The number of carbonyl (C=O) groups is 1. The highest BCUT2D eigenvalue weighted by Gasteiger charge is 2.21. The summed E-state index contributed by atoms with van der Waals surface area (Å²) in [4.78, 5) is 18.5. The van der Waals surface area contributed by atoms with Crippen LogP contribution in [0.1, 0.15) is 40.7 Å². The van der Waals surface area contributed by atoms with E-state index >= 15 is 0 Å². The number of fused-ring (bicyclic) bond motifs is 3. The van der Waals surface area contributed by atoms with Crippen molar-refractivity contribution in [1.29, 1.82) is 0 Å². The lowest BCUT2D eigenvalue weighted by molar-refractivity contribution is 0.0966. The molecule has 0 saturated carbocycles. The van der Waals surface area contributed by atoms with Gasteiger partial charge in [0.1, 0.15) is 6.10 Å². The number of hydrogen-bond acceptors (Lipinski definition) is 3. The molecular formula is C17H17N3O2. The number of imidazole rings is 1. The minimum atomic E-state index is -0.732. The van der Waals surface area contributed by atoms with Crippen LogP contribution in [-0.2, 0) is 6.54 Å². The van der Waals surface area contributed by atoms with Gasteiger partial charge in [0, 0.05) is 12.1 Å². The van der Waals surface area contributed by atoms with Gasteiger partial charge in [0.2, 0.25) is 0 Å². The van der Waals surface area contributed by atoms with Gasteiger partial charge < -0.3 is 15.4 Å². The molecule has 0 radical (unpaired) electrons. The summed E-state index contributed by atoms with van der Waals surface area (Å²) >= 11 is 0. The third-order valence-electron chi connectivity index (χ3n) is 3.96. The molecule has 0 fully saturated rings. The fourth-order valence-electron chi connectivity index (χ4n) is 2.85. The number of nitrogens with one attached hydrogen (secondary N) is 2. The zero-order valence-corrected chi connectivity index (χ0v) is 11.1. The fourth-order valence-corrected chi connectivity index (χ4v) is 2.85. The highest BCUT2D eigenvalue weighted by atomic mass is 16.3. The number of amides is 1. The van der Waals surface area contributed by atoms with Crippen molar-refractivity contribution in [1.82, 2.24) is 15.3 Å². The Bertz CT molecular complexity index is 840. The summed E-state index contributed by atoms with van der Waals surface area (Å²) in [5, 5.41) is 15.2. The van der Waals surface area contributed by atoms with E-state index < -0.39 is 6.10 Å². The largest absolute Gasteiger partial charge is 0.382 e. The Morgan fingerprint density at radius 3 is 2.86 bits per heavy atom. The summed E-state index contributed by atoms with van der Waals surface area (Å²) in [5.74, 6) is -0.0199. The number of H-pyrrole nitrogens is 1. The highest BCUT2D eigenvalue weighted by molar-refractivity contribution is 6.04. The molecule has 0 saturated heterocycles. The maximum absolute atomic E-state index is 11.7. The zero-order valence-electron chi connectivity index (χ0n) is 11.1. The van der Waals surface area contributed by atoms with E-state index in [9.17, 15) is 9.90 Å². The van der Waals surface area contributed by atoms with Crippen molar-refractivity contribution >= 4 is 16.7 Å². The van der Waals surface area contributed by atoms with Crippen molar-refractivity contribution in [3.63, 3.8) is 0 Å². The Morgan fingerprint density at radius 2 is 2.09 bits per heavy atom. The van der Waals surface area contributed by atoms with Crippen LogP contribution in [0.15, 0.2) is 42.9 Å². The maximum Gasteiger partial charge on any atom is 0.251 e. The number of carbonyl (C=O) groups excluding carboxylic acids is 1. The first-order chi connectivity index (χ1) is 10.2. The SMILES string of the molecule is C.O=C1NCc2c1ccc1cc(C(O)c3cnc[nH]3)ccc21. The van der Waals surface area contributed by atoms with Crippen molar-refractivity contribution in [3.05, 3.63) is 65.2 Å². The van der Waals surface area contributed by atoms with Gasteiger partial charge in [-0.15, -0.1) is 0 Å². The average molecular weight is 295 g/mol. The minimum Gasteiger partial charge on any atom is -0.382 e. The van der Waals surface area contributed by atoms with Crippen LogP contribution >= 0.6 is 0 Å². The van der Waals surface area contributed by atoms with E-state index in [0.717, 1.165) is 27.5 Å². The van der Waals surface area contributed by atoms with Crippen LogP contribution in [0.3, 0.4) is 0 Å². The van der Waals surface area contributed by atoms with E-state index in [1.807, 2.05) is 30.3 Å². The van der Waals surface area contributed by atoms with Crippen molar-refractivity contribution in [2.75, 3.05) is 0 Å². The second-order valence-electron chi connectivity index (χ2n) is 5.16. The minimum absolute atomic E-state index is 0. The summed E-state index contributed by atoms with van der Waals surface area (Å²) < 4.78 is 0. The lowest BCUT2D eigenvalue weighted by Crippen LogP contribution is -2.12. The lowest BCUT2D eigenvalue weighted by Gasteiger charge is -2.11. The number of aromatic nitrogens is 2. The van der Waals surface area contributed by atoms with Crippen LogP contribution in [-0.4, -0.2) is 21.0 Å². The summed E-state index contributed by atoms with van der Waals surface area (Å²) in [6, 6.07) is 9.55. The monoisotopic (exact) mass is 295 g/mol. The van der Waals surface area contributed by atoms with Crippen molar-refractivity contribution in [3.8, 4) is 0 Å². The van der Waals surface area contributed by atoms with Gasteiger partial charge in [0.15, 0.2) is 0 Å². The first-order valence-corrected chi connectivity index (χ1v) is 6.74. The molecule has 2 aromatic carbocycles. The molecule has 22 heavy (non-hydrogen) atoms. The molecule has 2 heterocycles. The van der Waals surface area contributed by atoms with Gasteiger partial charge >= 0.3 is 0 Å². The number of aliphatic hydroxyl groups excluding tert-OH is 1. The maximum atomic E-state index is 11.7. The molecule has 0 aliphatic carbocycles. The van der Waals surface area contributed by atoms with E-state index in [4.69, 9.17) is 0 Å². The third-order valence-corrected chi connectivity index (χ3v) is 3.96. The molecule has 1 aromatic heterocycles. The summed E-state index contributed by atoms with van der Waals surface area (Å²) in [6.45, 7) is 0.563. The Hall–Kier alpha value is -2.66. The third kappa shape index (κ3) is 2.07. The molecule has 3 N–H and O–H groups in total. The predicted molar refractivity (Wildman–Crippen MR) is 84.5 cm³/mol. The van der Waals surface area contributed by atoms with Crippen molar-refractivity contribution < 1.29 is 9.90 Å². The van der Waals surface area contributed by atoms with Crippen LogP contribution in [0.25, 0.3) is 10.8 Å². The van der Waals surface area contributed by atoms with Gasteiger partial charge in [-0.25, -0.2) is 4.98 Å². The van der Waals surface area contributed by atoms with E-state index in [2.05, 4.69) is 15.3 Å². The molecule has 1 atom stereocenters. The summed E-state index contributed by atoms with van der Waals surface area (Å²) in [6.07, 6.45) is 2.43. The molecule has 3 aromatic rings. The molecular weight excluding hydrogens is 278 g/mol. The van der Waals surface area contributed by atoms with E-state index in [1.165, 1.54) is 0 Å². The average Bonchev–Trinajstić information content (AvgIpc) is 3.16. The van der Waals surface area contributed by atoms with Crippen LogP contribution in [0.5, 0.6) is 0 Å². The number of rotatable bonds is 2. The second kappa shape index (κ2) is 5.27. The molecule has 4 rings (SSSR count). The van der Waals surface area contributed by atoms with Gasteiger partial charge in [0.25, 0.3) is 5.91 Å². The van der Waals surface area contributed by atoms with Crippen LogP contribution < -0.4 is 5.32 Å². The normalized spacial score (nSPS) is 14.3. The van der Waals surface area contributed by atoms with Crippen LogP contribution in [0.2, 0.25) is 0 Å². The first kappa shape index (κ1) is 14.3. The zero-order chi connectivity index (χ0) is 14.4. The summed E-state index contributed by atoms with van der Waals surface area (Å²) in [5.41, 5.74) is 3.22. The Morgan fingerprint density at radius 1 is 1.23 bits per heavy atom. The number of aromatic amines is 1. The molecule has 112 valence electrons. The molecule has 1 amide bonds. The smallest absolute Gasteiger partial charge is 0.251 e. The quantitative estimate of drug-likeness (QED) is 0.680. The van der Waals surface area contributed by atoms with Crippen molar-refractivity contribution in [2.45, 2.75) is 20.1 Å². The number of hydrogen-bond donors (Lipinski definition) is 3. The number of aliphatic hydroxyl groups is 1. The van der Waals surface area contributed by atoms with Crippen LogP contribution in [0.4, 0.5) is 0 Å². The van der Waals surface area contributed by atoms with E-state index in [1.54, 1.807) is 12.5 Å². The lowest BCUT2D eigenvalue weighted by atomic mass is 9.97. The molecule has 0 bridgehead atoms. The van der Waals surface area contributed by atoms with Crippen LogP contribution in [0, 0.1) is 0 Å². The molecule has 1 unspecified atom stereocenters. The molecule has 5 heteroatoms.